The van der Waals surface area contributed by atoms with Gasteiger partial charge in [-0.05, 0) is 55.5 Å². The van der Waals surface area contributed by atoms with Gasteiger partial charge in [0.05, 0.1) is 13.0 Å². The summed E-state index contributed by atoms with van der Waals surface area (Å²) < 4.78 is 13.2. The lowest BCUT2D eigenvalue weighted by molar-refractivity contribution is -0.145. The zero-order valence-electron chi connectivity index (χ0n) is 20.2. The Hall–Kier alpha value is -3.79. The molecule has 2 fully saturated rings. The smallest absolute Gasteiger partial charge is 0.243 e. The van der Waals surface area contributed by atoms with Crippen LogP contribution in [-0.4, -0.2) is 85.2 Å². The third-order valence-electron chi connectivity index (χ3n) is 6.53. The molecule has 10 heteroatoms. The first kappa shape index (κ1) is 25.3. The van der Waals surface area contributed by atoms with Crippen molar-refractivity contribution in [3.05, 3.63) is 59.9 Å². The van der Waals surface area contributed by atoms with Gasteiger partial charge in [0, 0.05) is 56.2 Å². The van der Waals surface area contributed by atoms with Crippen molar-refractivity contribution < 1.29 is 23.6 Å². The molecule has 0 bridgehead atoms. The zero-order valence-corrected chi connectivity index (χ0v) is 20.2. The Morgan fingerprint density at radius 2 is 1.64 bits per heavy atom. The van der Waals surface area contributed by atoms with Crippen LogP contribution in [0.25, 0.3) is 0 Å². The number of nitrogens with zero attached hydrogens (tertiary/aromatic N) is 3. The fourth-order valence-electron chi connectivity index (χ4n) is 4.49. The molecule has 0 spiro atoms. The minimum Gasteiger partial charge on any atom is -0.369 e. The van der Waals surface area contributed by atoms with Crippen molar-refractivity contribution >= 4 is 34.9 Å². The van der Waals surface area contributed by atoms with Crippen molar-refractivity contribution in [1.29, 1.82) is 0 Å². The third kappa shape index (κ3) is 6.25. The number of piperazine rings is 2. The molecule has 0 unspecified atom stereocenters. The van der Waals surface area contributed by atoms with E-state index in [1.165, 1.54) is 24.0 Å². The van der Waals surface area contributed by atoms with E-state index in [1.54, 1.807) is 36.4 Å². The average Bonchev–Trinajstić information content (AvgIpc) is 2.86. The molecule has 2 aliphatic heterocycles. The Labute approximate surface area is 209 Å². The number of nitrogens with one attached hydrogen (secondary N) is 2. The van der Waals surface area contributed by atoms with Crippen LogP contribution in [0.4, 0.5) is 15.8 Å². The van der Waals surface area contributed by atoms with Crippen molar-refractivity contribution in [3.8, 4) is 0 Å². The fraction of sp³-hybridized carbons (Fsp3) is 0.385. The maximum absolute atomic E-state index is 13.2. The molecule has 36 heavy (non-hydrogen) atoms. The predicted octanol–water partition coefficient (Wildman–Crippen LogP) is 1.51. The second-order valence-electron chi connectivity index (χ2n) is 9.02. The van der Waals surface area contributed by atoms with E-state index in [2.05, 4.69) is 15.5 Å². The van der Waals surface area contributed by atoms with Crippen LogP contribution in [0.15, 0.2) is 48.5 Å². The molecule has 2 heterocycles. The highest BCUT2D eigenvalue weighted by Gasteiger charge is 2.35. The summed E-state index contributed by atoms with van der Waals surface area (Å²) in [4.78, 5) is 55.4. The lowest BCUT2D eigenvalue weighted by Crippen LogP contribution is -2.60. The molecule has 0 saturated carbocycles. The molecule has 1 atom stereocenters. The maximum atomic E-state index is 13.2. The summed E-state index contributed by atoms with van der Waals surface area (Å²) in [5, 5.41) is 5.47. The second kappa shape index (κ2) is 11.3. The standard InChI is InChI=1S/C26H30FN5O4/c1-18(33)19-2-6-21(7-3-19)29-24(34)16-23-26(36)28-10-11-32(23)25(35)17-30-12-14-31(15-13-30)22-8-4-20(27)5-9-22/h2-9,23H,10-17H2,1H3,(H,28,36)(H,29,34)/t23-/m1/s1. The van der Waals surface area contributed by atoms with Crippen LogP contribution in [0, 0.1) is 5.82 Å². The molecule has 2 aromatic carbocycles. The number of carbonyl (C=O) groups is 4. The number of rotatable bonds is 7. The molecule has 9 nitrogen and oxygen atoms in total. The topological polar surface area (TPSA) is 102 Å². The number of Topliss-reactive ketones (excluding diaryl/α,β-unsaturated/α-hetero) is 1. The minimum absolute atomic E-state index is 0.0715. The number of ketones is 1. The van der Waals surface area contributed by atoms with Crippen LogP contribution in [0.2, 0.25) is 0 Å². The van der Waals surface area contributed by atoms with Crippen LogP contribution < -0.4 is 15.5 Å². The molecule has 2 aromatic rings. The van der Waals surface area contributed by atoms with Crippen LogP contribution in [0.1, 0.15) is 23.7 Å². The monoisotopic (exact) mass is 495 g/mol. The third-order valence-corrected chi connectivity index (χ3v) is 6.53. The highest BCUT2D eigenvalue weighted by Crippen LogP contribution is 2.18. The van der Waals surface area contributed by atoms with E-state index in [9.17, 15) is 23.6 Å². The molecule has 190 valence electrons. The Kier molecular flexibility index (Phi) is 7.94. The van der Waals surface area contributed by atoms with Crippen molar-refractivity contribution in [1.82, 2.24) is 15.1 Å². The summed E-state index contributed by atoms with van der Waals surface area (Å²) in [5.41, 5.74) is 1.99. The number of amides is 3. The summed E-state index contributed by atoms with van der Waals surface area (Å²) in [6.07, 6.45) is -0.162. The lowest BCUT2D eigenvalue weighted by atomic mass is 10.1. The van der Waals surface area contributed by atoms with E-state index in [1.807, 2.05) is 4.90 Å². The summed E-state index contributed by atoms with van der Waals surface area (Å²) >= 11 is 0. The van der Waals surface area contributed by atoms with Gasteiger partial charge in [-0.25, -0.2) is 4.39 Å². The Bertz CT molecular complexity index is 1110. The molecule has 4 rings (SSSR count). The van der Waals surface area contributed by atoms with Crippen molar-refractivity contribution in [2.24, 2.45) is 0 Å². The number of halogens is 1. The van der Waals surface area contributed by atoms with E-state index in [0.717, 1.165) is 5.69 Å². The zero-order chi connectivity index (χ0) is 25.7. The Morgan fingerprint density at radius 1 is 0.972 bits per heavy atom. The summed E-state index contributed by atoms with van der Waals surface area (Å²) in [5.74, 6) is -1.28. The molecule has 2 aliphatic rings. The van der Waals surface area contributed by atoms with Gasteiger partial charge < -0.3 is 20.4 Å². The SMILES string of the molecule is CC(=O)c1ccc(NC(=O)C[C@@H]2C(=O)NCCN2C(=O)CN2CCN(c3ccc(F)cc3)CC2)cc1. The quantitative estimate of drug-likeness (QED) is 0.565. The van der Waals surface area contributed by atoms with Gasteiger partial charge >= 0.3 is 0 Å². The van der Waals surface area contributed by atoms with Crippen molar-refractivity contribution in [3.63, 3.8) is 0 Å². The highest BCUT2D eigenvalue weighted by molar-refractivity contribution is 5.98. The van der Waals surface area contributed by atoms with E-state index in [0.29, 0.717) is 50.5 Å². The lowest BCUT2D eigenvalue weighted by Gasteiger charge is -2.39. The molecule has 2 saturated heterocycles. The molecule has 0 radical (unpaired) electrons. The predicted molar refractivity (Wildman–Crippen MR) is 133 cm³/mol. The largest absolute Gasteiger partial charge is 0.369 e. The van der Waals surface area contributed by atoms with Gasteiger partial charge in [-0.1, -0.05) is 0 Å². The van der Waals surface area contributed by atoms with E-state index < -0.39 is 11.9 Å². The van der Waals surface area contributed by atoms with Crippen LogP contribution in [-0.2, 0) is 14.4 Å². The van der Waals surface area contributed by atoms with Gasteiger partial charge in [0.1, 0.15) is 11.9 Å². The normalized spacial score (nSPS) is 18.5. The molecule has 0 aromatic heterocycles. The number of benzene rings is 2. The summed E-state index contributed by atoms with van der Waals surface area (Å²) in [6, 6.07) is 12.0. The summed E-state index contributed by atoms with van der Waals surface area (Å²) in [7, 11) is 0. The summed E-state index contributed by atoms with van der Waals surface area (Å²) in [6.45, 7) is 5.02. The number of hydrogen-bond acceptors (Lipinski definition) is 6. The first-order valence-corrected chi connectivity index (χ1v) is 12.0. The van der Waals surface area contributed by atoms with Gasteiger partial charge in [-0.15, -0.1) is 0 Å². The van der Waals surface area contributed by atoms with Gasteiger partial charge in [0.15, 0.2) is 5.78 Å². The fourth-order valence-corrected chi connectivity index (χ4v) is 4.49. The molecule has 0 aliphatic carbocycles. The number of hydrogen-bond donors (Lipinski definition) is 2. The van der Waals surface area contributed by atoms with Crippen LogP contribution >= 0.6 is 0 Å². The number of carbonyl (C=O) groups excluding carboxylic acids is 4. The highest BCUT2D eigenvalue weighted by atomic mass is 19.1. The first-order chi connectivity index (χ1) is 17.3. The second-order valence-corrected chi connectivity index (χ2v) is 9.02. The molecule has 3 amide bonds. The Balaban J connectivity index is 1.31. The average molecular weight is 496 g/mol. The van der Waals surface area contributed by atoms with Crippen molar-refractivity contribution in [2.75, 3.05) is 56.0 Å². The Morgan fingerprint density at radius 3 is 2.28 bits per heavy atom. The minimum atomic E-state index is -0.886. The van der Waals surface area contributed by atoms with E-state index >= 15 is 0 Å². The molecular formula is C26H30FN5O4. The molecule has 2 N–H and O–H groups in total. The van der Waals surface area contributed by atoms with Crippen LogP contribution in [0.5, 0.6) is 0 Å². The maximum Gasteiger partial charge on any atom is 0.243 e. The van der Waals surface area contributed by atoms with Gasteiger partial charge in [0.2, 0.25) is 17.7 Å². The van der Waals surface area contributed by atoms with E-state index in [-0.39, 0.29) is 36.4 Å². The van der Waals surface area contributed by atoms with E-state index in [4.69, 9.17) is 0 Å². The van der Waals surface area contributed by atoms with Gasteiger partial charge in [-0.3, -0.25) is 24.1 Å². The van der Waals surface area contributed by atoms with Crippen LogP contribution in [0.3, 0.4) is 0 Å². The van der Waals surface area contributed by atoms with Crippen molar-refractivity contribution in [2.45, 2.75) is 19.4 Å². The van der Waals surface area contributed by atoms with Gasteiger partial charge in [0.25, 0.3) is 0 Å². The van der Waals surface area contributed by atoms with Gasteiger partial charge in [-0.2, -0.15) is 0 Å². The number of anilines is 2. The molecular weight excluding hydrogens is 465 g/mol. The first-order valence-electron chi connectivity index (χ1n) is 12.0.